The highest BCUT2D eigenvalue weighted by atomic mass is 16.5. The van der Waals surface area contributed by atoms with Crippen molar-refractivity contribution in [3.63, 3.8) is 0 Å². The molecule has 2 saturated heterocycles. The molecule has 0 unspecified atom stereocenters. The maximum absolute atomic E-state index is 14.1. The van der Waals surface area contributed by atoms with Crippen molar-refractivity contribution in [1.29, 1.82) is 0 Å². The van der Waals surface area contributed by atoms with Crippen molar-refractivity contribution in [2.45, 2.75) is 26.4 Å². The summed E-state index contributed by atoms with van der Waals surface area (Å²) in [5, 5.41) is 3.08. The zero-order chi connectivity index (χ0) is 40.0. The summed E-state index contributed by atoms with van der Waals surface area (Å²) in [5.74, 6) is 3.10. The lowest BCUT2D eigenvalue weighted by Gasteiger charge is -2.28. The number of carbonyl (C=O) groups is 2. The summed E-state index contributed by atoms with van der Waals surface area (Å²) in [6.07, 6.45) is 4.14. The molecule has 2 fully saturated rings. The lowest BCUT2D eigenvalue weighted by molar-refractivity contribution is 0.0302. The van der Waals surface area contributed by atoms with Crippen LogP contribution in [0.15, 0.2) is 79.1 Å². The minimum atomic E-state index is -0.338. The first-order chi connectivity index (χ1) is 28.4. The smallest absolute Gasteiger partial charge is 0.327 e. The van der Waals surface area contributed by atoms with E-state index in [0.29, 0.717) is 119 Å². The second-order valence-corrected chi connectivity index (χ2v) is 14.3. The molecule has 0 saturated carbocycles. The summed E-state index contributed by atoms with van der Waals surface area (Å²) in [6, 6.07) is 21.0. The van der Waals surface area contributed by atoms with E-state index >= 15 is 0 Å². The average molecular weight is 786 g/mol. The van der Waals surface area contributed by atoms with Crippen LogP contribution in [0.4, 0.5) is 28.2 Å². The highest BCUT2D eigenvalue weighted by Crippen LogP contribution is 2.36. The lowest BCUT2D eigenvalue weighted by Crippen LogP contribution is -2.41. The fourth-order valence-electron chi connectivity index (χ4n) is 7.41. The van der Waals surface area contributed by atoms with E-state index in [1.165, 1.54) is 0 Å². The van der Waals surface area contributed by atoms with Crippen molar-refractivity contribution in [3.05, 3.63) is 107 Å². The molecule has 3 aliphatic heterocycles. The van der Waals surface area contributed by atoms with Crippen LogP contribution in [0.3, 0.4) is 0 Å². The van der Waals surface area contributed by atoms with Crippen molar-refractivity contribution < 1.29 is 28.5 Å². The van der Waals surface area contributed by atoms with Gasteiger partial charge in [0.1, 0.15) is 17.3 Å². The van der Waals surface area contributed by atoms with Gasteiger partial charge in [0.25, 0.3) is 5.91 Å². The van der Waals surface area contributed by atoms with Gasteiger partial charge in [-0.3, -0.25) is 9.69 Å². The Morgan fingerprint density at radius 3 is 1.98 bits per heavy atom. The molecule has 300 valence electrons. The zero-order valence-electron chi connectivity index (χ0n) is 33.0. The molecule has 3 aromatic carbocycles. The van der Waals surface area contributed by atoms with Gasteiger partial charge >= 0.3 is 6.03 Å². The van der Waals surface area contributed by atoms with Crippen LogP contribution in [0.5, 0.6) is 11.5 Å². The first-order valence-electron chi connectivity index (χ1n) is 19.5. The number of methoxy groups -OCH3 is 2. The molecule has 0 atom stereocenters. The van der Waals surface area contributed by atoms with Crippen LogP contribution in [0.25, 0.3) is 11.3 Å². The van der Waals surface area contributed by atoms with Gasteiger partial charge in [-0.25, -0.2) is 19.7 Å². The fraction of sp³-hybridized carbons (Fsp3) is 0.349. The summed E-state index contributed by atoms with van der Waals surface area (Å²) in [4.78, 5) is 55.0. The lowest BCUT2D eigenvalue weighted by atomic mass is 10.1. The molecule has 58 heavy (non-hydrogen) atoms. The Kier molecular flexibility index (Phi) is 11.6. The first-order valence-corrected chi connectivity index (χ1v) is 19.5. The van der Waals surface area contributed by atoms with E-state index in [1.54, 1.807) is 48.5 Å². The summed E-state index contributed by atoms with van der Waals surface area (Å²) in [7, 11) is 3.31. The highest BCUT2D eigenvalue weighted by Gasteiger charge is 2.33. The SMILES string of the molecule is COc1ccc(CN(Cc2ccc(OC)cc2)c2ncc(-c3nc(N4CCOCC4)nc4c3CCN4C(=O)Nc3cccc(C(=O)N4CCOCC4)c3C)cn2)cc1. The third-order valence-electron chi connectivity index (χ3n) is 10.7. The van der Waals surface area contributed by atoms with Crippen LogP contribution >= 0.6 is 0 Å². The van der Waals surface area contributed by atoms with E-state index in [-0.39, 0.29) is 11.9 Å². The van der Waals surface area contributed by atoms with Crippen LogP contribution in [-0.4, -0.2) is 110 Å². The van der Waals surface area contributed by atoms with Gasteiger partial charge in [0.05, 0.1) is 46.3 Å². The van der Waals surface area contributed by atoms with E-state index < -0.39 is 0 Å². The van der Waals surface area contributed by atoms with Gasteiger partial charge in [-0.05, 0) is 66.4 Å². The molecule has 1 N–H and O–H groups in total. The van der Waals surface area contributed by atoms with Gasteiger partial charge in [0.2, 0.25) is 11.9 Å². The number of hydrogen-bond acceptors (Lipinski definition) is 12. The number of rotatable bonds is 11. The molecule has 0 bridgehead atoms. The molecule has 0 radical (unpaired) electrons. The maximum atomic E-state index is 14.1. The third kappa shape index (κ3) is 8.36. The van der Waals surface area contributed by atoms with Gasteiger partial charge in [0, 0.05) is 80.6 Å². The molecular formula is C43H47N9O6. The molecule has 8 rings (SSSR count). The first kappa shape index (κ1) is 38.5. The summed E-state index contributed by atoms with van der Waals surface area (Å²) in [6.45, 7) is 7.81. The van der Waals surface area contributed by atoms with E-state index in [9.17, 15) is 9.59 Å². The molecule has 5 heterocycles. The van der Waals surface area contributed by atoms with Gasteiger partial charge in [-0.15, -0.1) is 0 Å². The number of nitrogens with one attached hydrogen (secondary N) is 1. The fourth-order valence-corrected chi connectivity index (χ4v) is 7.41. The van der Waals surface area contributed by atoms with Crippen molar-refractivity contribution >= 4 is 35.3 Å². The number of urea groups is 1. The molecule has 2 aromatic heterocycles. The van der Waals surface area contributed by atoms with Gasteiger partial charge in [0.15, 0.2) is 0 Å². The Labute approximate surface area is 337 Å². The van der Waals surface area contributed by atoms with E-state index in [2.05, 4.69) is 15.1 Å². The average Bonchev–Trinajstić information content (AvgIpc) is 3.72. The molecule has 15 nitrogen and oxygen atoms in total. The van der Waals surface area contributed by atoms with E-state index in [4.69, 9.17) is 38.9 Å². The Bertz CT molecular complexity index is 2180. The monoisotopic (exact) mass is 785 g/mol. The van der Waals surface area contributed by atoms with Crippen LogP contribution in [0.1, 0.15) is 32.6 Å². The largest absolute Gasteiger partial charge is 0.497 e. The number of nitrogens with zero attached hydrogens (tertiary/aromatic N) is 8. The Balaban J connectivity index is 1.09. The molecule has 3 amide bonds. The summed E-state index contributed by atoms with van der Waals surface area (Å²) >= 11 is 0. The maximum Gasteiger partial charge on any atom is 0.327 e. The second kappa shape index (κ2) is 17.4. The minimum absolute atomic E-state index is 0.0752. The molecular weight excluding hydrogens is 739 g/mol. The molecule has 5 aromatic rings. The number of anilines is 4. The number of morpholine rings is 2. The summed E-state index contributed by atoms with van der Waals surface area (Å²) < 4.78 is 21.8. The van der Waals surface area contributed by atoms with Crippen LogP contribution < -0.4 is 29.5 Å². The zero-order valence-corrected chi connectivity index (χ0v) is 33.0. The molecule has 0 aliphatic carbocycles. The highest BCUT2D eigenvalue weighted by molar-refractivity contribution is 6.05. The Morgan fingerprint density at radius 1 is 0.776 bits per heavy atom. The number of amides is 3. The minimum Gasteiger partial charge on any atom is -0.497 e. The van der Waals surface area contributed by atoms with Crippen LogP contribution in [-0.2, 0) is 29.0 Å². The van der Waals surface area contributed by atoms with Gasteiger partial charge in [-0.1, -0.05) is 30.3 Å². The van der Waals surface area contributed by atoms with Gasteiger partial charge < -0.3 is 39.0 Å². The quantitative estimate of drug-likeness (QED) is 0.184. The van der Waals surface area contributed by atoms with Crippen LogP contribution in [0.2, 0.25) is 0 Å². The normalized spacial score (nSPS) is 15.2. The van der Waals surface area contributed by atoms with E-state index in [1.807, 2.05) is 61.5 Å². The van der Waals surface area contributed by atoms with Crippen LogP contribution in [0, 0.1) is 6.92 Å². The van der Waals surface area contributed by atoms with Crippen molar-refractivity contribution in [3.8, 4) is 22.8 Å². The predicted molar refractivity (Wildman–Crippen MR) is 220 cm³/mol. The number of hydrogen-bond donors (Lipinski definition) is 1. The Hall–Kier alpha value is -6.32. The number of carbonyl (C=O) groups excluding carboxylic acids is 2. The Morgan fingerprint density at radius 2 is 1.38 bits per heavy atom. The van der Waals surface area contributed by atoms with Gasteiger partial charge in [-0.2, -0.15) is 4.98 Å². The predicted octanol–water partition coefficient (Wildman–Crippen LogP) is 5.37. The van der Waals surface area contributed by atoms with E-state index in [0.717, 1.165) is 33.8 Å². The van der Waals surface area contributed by atoms with Crippen molar-refractivity contribution in [2.24, 2.45) is 0 Å². The van der Waals surface area contributed by atoms with Crippen molar-refractivity contribution in [2.75, 3.05) is 93.4 Å². The third-order valence-corrected chi connectivity index (χ3v) is 10.7. The number of fused-ring (bicyclic) bond motifs is 1. The number of benzene rings is 3. The molecule has 15 heteroatoms. The number of aromatic nitrogens is 4. The second-order valence-electron chi connectivity index (χ2n) is 14.3. The molecule has 0 spiro atoms. The standard InChI is InChI=1S/C43H47N9O6/c1-29-35(40(53)49-17-21-57-22-18-49)5-4-6-37(29)46-43(54)52-16-15-36-38(47-42(48-39(36)52)50-19-23-58-24-20-50)32-25-44-41(45-26-32)51(27-30-7-11-33(55-2)12-8-30)28-31-9-13-34(56-3)14-10-31/h4-14,25-26H,15-24,27-28H2,1-3H3,(H,46,54). The molecule has 3 aliphatic rings. The summed E-state index contributed by atoms with van der Waals surface area (Å²) in [5.41, 5.74) is 6.22. The van der Waals surface area contributed by atoms with Crippen molar-refractivity contribution in [1.82, 2.24) is 24.8 Å². The number of ether oxygens (including phenoxy) is 4. The topological polar surface area (TPSA) is 148 Å².